The number of carbonyl (C=O) groups excluding carboxylic acids is 2. The molecule has 3 rings (SSSR count). The van der Waals surface area contributed by atoms with Gasteiger partial charge in [0.05, 0.1) is 38.6 Å². The topological polar surface area (TPSA) is 105 Å². The number of amides is 1. The molecule has 1 aromatic heterocycles. The summed E-state index contributed by atoms with van der Waals surface area (Å²) in [7, 11) is 0. The van der Waals surface area contributed by atoms with E-state index in [0.29, 0.717) is 22.3 Å². The van der Waals surface area contributed by atoms with E-state index in [0.717, 1.165) is 11.4 Å². The Balaban J connectivity index is 1.70. The predicted molar refractivity (Wildman–Crippen MR) is 109 cm³/mol. The van der Waals surface area contributed by atoms with Crippen molar-refractivity contribution in [2.45, 2.75) is 26.9 Å². The molecule has 0 fully saturated rings. The van der Waals surface area contributed by atoms with Gasteiger partial charge in [0.25, 0.3) is 5.91 Å². The first kappa shape index (κ1) is 20.2. The number of halogens is 1. The molecule has 0 aliphatic rings. The Hall–Kier alpha value is -3.50. The second-order valence-corrected chi connectivity index (χ2v) is 6.85. The minimum absolute atomic E-state index is 0.220. The molecule has 1 heterocycles. The molecule has 3 aromatic rings. The van der Waals surface area contributed by atoms with Crippen LogP contribution < -0.4 is 5.32 Å². The number of carbonyl (C=O) groups is 2. The molecule has 8 heteroatoms. The van der Waals surface area contributed by atoms with E-state index in [2.05, 4.69) is 15.3 Å². The average Bonchev–Trinajstić information content (AvgIpc) is 2.68. The van der Waals surface area contributed by atoms with Gasteiger partial charge in [0, 0.05) is 5.69 Å². The first-order valence-electron chi connectivity index (χ1n) is 8.75. The van der Waals surface area contributed by atoms with E-state index in [4.69, 9.17) is 21.6 Å². The monoisotopic (exact) mass is 408 g/mol. The van der Waals surface area contributed by atoms with Crippen molar-refractivity contribution in [3.63, 3.8) is 0 Å². The van der Waals surface area contributed by atoms with Crippen molar-refractivity contribution in [2.75, 3.05) is 5.32 Å². The molecule has 1 amide bonds. The van der Waals surface area contributed by atoms with Gasteiger partial charge in [0.15, 0.2) is 6.10 Å². The van der Waals surface area contributed by atoms with Gasteiger partial charge in [-0.15, -0.1) is 0 Å². The molecule has 1 N–H and O–H groups in total. The highest BCUT2D eigenvalue weighted by Crippen LogP contribution is 2.21. The molecule has 29 heavy (non-hydrogen) atoms. The first-order chi connectivity index (χ1) is 13.8. The van der Waals surface area contributed by atoms with Crippen LogP contribution in [0.25, 0.3) is 11.0 Å². The number of aromatic nitrogens is 2. The molecule has 0 saturated carbocycles. The number of rotatable bonds is 4. The predicted octanol–water partition coefficient (Wildman–Crippen LogP) is 3.96. The minimum Gasteiger partial charge on any atom is -0.449 e. The van der Waals surface area contributed by atoms with Gasteiger partial charge in [0.1, 0.15) is 6.07 Å². The third-order valence-corrected chi connectivity index (χ3v) is 4.63. The van der Waals surface area contributed by atoms with Crippen molar-refractivity contribution in [1.29, 1.82) is 5.26 Å². The van der Waals surface area contributed by atoms with Gasteiger partial charge in [-0.05, 0) is 57.2 Å². The zero-order chi connectivity index (χ0) is 21.1. The molecule has 0 bridgehead atoms. The summed E-state index contributed by atoms with van der Waals surface area (Å²) in [5.41, 5.74) is 3.82. The number of nitriles is 1. The van der Waals surface area contributed by atoms with Crippen molar-refractivity contribution in [3.8, 4) is 6.07 Å². The van der Waals surface area contributed by atoms with E-state index in [9.17, 15) is 9.59 Å². The molecule has 0 spiro atoms. The maximum Gasteiger partial charge on any atom is 0.338 e. The maximum absolute atomic E-state index is 12.4. The van der Waals surface area contributed by atoms with Gasteiger partial charge >= 0.3 is 5.97 Å². The number of hydrogen-bond donors (Lipinski definition) is 1. The third-order valence-electron chi connectivity index (χ3n) is 4.32. The summed E-state index contributed by atoms with van der Waals surface area (Å²) >= 11 is 5.96. The Kier molecular flexibility index (Phi) is 5.76. The van der Waals surface area contributed by atoms with Gasteiger partial charge in [0.2, 0.25) is 0 Å². The number of aryl methyl sites for hydroxylation is 2. The van der Waals surface area contributed by atoms with Crippen LogP contribution in [-0.2, 0) is 9.53 Å². The molecule has 2 aromatic carbocycles. The quantitative estimate of drug-likeness (QED) is 0.655. The number of nitrogens with zero attached hydrogens (tertiary/aromatic N) is 3. The summed E-state index contributed by atoms with van der Waals surface area (Å²) in [6.45, 7) is 5.17. The van der Waals surface area contributed by atoms with Crippen LogP contribution in [0.2, 0.25) is 5.02 Å². The third kappa shape index (κ3) is 4.50. The highest BCUT2D eigenvalue weighted by atomic mass is 35.5. The van der Waals surface area contributed by atoms with Crippen molar-refractivity contribution >= 4 is 40.2 Å². The number of anilines is 1. The van der Waals surface area contributed by atoms with E-state index in [-0.39, 0.29) is 10.6 Å². The first-order valence-corrected chi connectivity index (χ1v) is 9.13. The fourth-order valence-corrected chi connectivity index (χ4v) is 2.79. The van der Waals surface area contributed by atoms with Crippen LogP contribution in [0.3, 0.4) is 0 Å². The van der Waals surface area contributed by atoms with Gasteiger partial charge in [-0.2, -0.15) is 5.26 Å². The maximum atomic E-state index is 12.4. The van der Waals surface area contributed by atoms with E-state index < -0.39 is 18.0 Å². The van der Waals surface area contributed by atoms with Crippen molar-refractivity contribution in [2.24, 2.45) is 0 Å². The van der Waals surface area contributed by atoms with E-state index in [1.807, 2.05) is 19.9 Å². The summed E-state index contributed by atoms with van der Waals surface area (Å²) in [6.07, 6.45) is -1.04. The summed E-state index contributed by atoms with van der Waals surface area (Å²) in [6, 6.07) is 11.3. The molecule has 0 saturated heterocycles. The lowest BCUT2D eigenvalue weighted by atomic mass is 10.2. The molecular weight excluding hydrogens is 392 g/mol. The standard InChI is InChI=1S/C21H17ClN4O3/c1-11-12(2)25-19-8-14(5-7-18(19)24-11)21(28)29-13(3)20(27)26-16-6-4-15(10-23)17(22)9-16/h4-9,13H,1-3H3,(H,26,27)/t13-/m1/s1. The lowest BCUT2D eigenvalue weighted by Gasteiger charge is -2.14. The molecule has 0 aliphatic carbocycles. The largest absolute Gasteiger partial charge is 0.449 e. The lowest BCUT2D eigenvalue weighted by Crippen LogP contribution is -2.30. The van der Waals surface area contributed by atoms with E-state index >= 15 is 0 Å². The fraction of sp³-hybridized carbons (Fsp3) is 0.190. The van der Waals surface area contributed by atoms with E-state index in [1.165, 1.54) is 19.1 Å². The van der Waals surface area contributed by atoms with Gasteiger partial charge < -0.3 is 10.1 Å². The zero-order valence-corrected chi connectivity index (χ0v) is 16.7. The van der Waals surface area contributed by atoms with Crippen molar-refractivity contribution in [1.82, 2.24) is 9.97 Å². The van der Waals surface area contributed by atoms with Crippen LogP contribution in [0.1, 0.15) is 34.2 Å². The number of fused-ring (bicyclic) bond motifs is 1. The molecule has 1 atom stereocenters. The van der Waals surface area contributed by atoms with Gasteiger partial charge in [-0.1, -0.05) is 11.6 Å². The Morgan fingerprint density at radius 2 is 1.79 bits per heavy atom. The Morgan fingerprint density at radius 1 is 1.10 bits per heavy atom. The van der Waals surface area contributed by atoms with E-state index in [1.54, 1.807) is 24.3 Å². The zero-order valence-electron chi connectivity index (χ0n) is 16.0. The summed E-state index contributed by atoms with van der Waals surface area (Å²) in [4.78, 5) is 33.6. The SMILES string of the molecule is Cc1nc2ccc(C(=O)O[C@H](C)C(=O)Nc3ccc(C#N)c(Cl)c3)cc2nc1C. The Bertz CT molecular complexity index is 1170. The Labute approximate surface area is 172 Å². The fourth-order valence-electron chi connectivity index (χ4n) is 2.57. The molecule has 0 unspecified atom stereocenters. The number of hydrogen-bond acceptors (Lipinski definition) is 6. The Morgan fingerprint density at radius 3 is 2.45 bits per heavy atom. The van der Waals surface area contributed by atoms with Crippen molar-refractivity contribution < 1.29 is 14.3 Å². The summed E-state index contributed by atoms with van der Waals surface area (Å²) < 4.78 is 5.26. The van der Waals surface area contributed by atoms with Crippen LogP contribution in [0.5, 0.6) is 0 Å². The van der Waals surface area contributed by atoms with Crippen LogP contribution in [0.15, 0.2) is 36.4 Å². The lowest BCUT2D eigenvalue weighted by molar-refractivity contribution is -0.123. The number of ether oxygens (including phenoxy) is 1. The van der Waals surface area contributed by atoms with Crippen LogP contribution in [-0.4, -0.2) is 27.9 Å². The highest BCUT2D eigenvalue weighted by molar-refractivity contribution is 6.32. The number of benzene rings is 2. The van der Waals surface area contributed by atoms with Crippen molar-refractivity contribution in [3.05, 3.63) is 63.9 Å². The van der Waals surface area contributed by atoms with Crippen LogP contribution in [0, 0.1) is 25.2 Å². The van der Waals surface area contributed by atoms with Crippen LogP contribution in [0.4, 0.5) is 5.69 Å². The molecular formula is C21H17ClN4O3. The van der Waals surface area contributed by atoms with Gasteiger partial charge in [-0.25, -0.2) is 14.8 Å². The second kappa shape index (κ2) is 8.25. The molecule has 146 valence electrons. The molecule has 0 radical (unpaired) electrons. The second-order valence-electron chi connectivity index (χ2n) is 6.44. The number of esters is 1. The normalized spacial score (nSPS) is 11.6. The minimum atomic E-state index is -1.04. The number of nitrogens with one attached hydrogen (secondary N) is 1. The highest BCUT2D eigenvalue weighted by Gasteiger charge is 2.20. The summed E-state index contributed by atoms with van der Waals surface area (Å²) in [5, 5.41) is 11.7. The van der Waals surface area contributed by atoms with Gasteiger partial charge in [-0.3, -0.25) is 4.79 Å². The smallest absolute Gasteiger partial charge is 0.338 e. The summed E-state index contributed by atoms with van der Waals surface area (Å²) in [5.74, 6) is -1.17. The average molecular weight is 409 g/mol. The van der Waals surface area contributed by atoms with Crippen LogP contribution >= 0.6 is 11.6 Å². The molecule has 0 aliphatic heterocycles. The molecule has 7 nitrogen and oxygen atoms in total.